The van der Waals surface area contributed by atoms with Crippen LogP contribution in [0.2, 0.25) is 0 Å². The second-order valence-corrected chi connectivity index (χ2v) is 10.4. The molecule has 1 aromatic rings. The van der Waals surface area contributed by atoms with E-state index in [1.165, 1.54) is 42.7 Å². The highest BCUT2D eigenvalue weighted by Gasteiger charge is 2.36. The molecule has 0 saturated carbocycles. The third kappa shape index (κ3) is 3.36. The fourth-order valence-corrected chi connectivity index (χ4v) is 5.33. The average molecular weight is 376 g/mol. The number of nitrogens with zero attached hydrogens (tertiary/aromatic N) is 3. The molecule has 1 saturated heterocycles. The number of rotatable bonds is 4. The predicted octanol–water partition coefficient (Wildman–Crippen LogP) is 0.650. The molecule has 0 spiro atoms. The van der Waals surface area contributed by atoms with Crippen molar-refractivity contribution in [3.63, 3.8) is 0 Å². The van der Waals surface area contributed by atoms with Crippen molar-refractivity contribution in [2.75, 3.05) is 34.2 Å². The van der Waals surface area contributed by atoms with E-state index in [4.69, 9.17) is 0 Å². The van der Waals surface area contributed by atoms with Crippen LogP contribution in [-0.4, -0.2) is 76.7 Å². The lowest BCUT2D eigenvalue weighted by molar-refractivity contribution is 0.109. The van der Waals surface area contributed by atoms with Crippen molar-refractivity contribution in [2.24, 2.45) is 0 Å². The van der Waals surface area contributed by atoms with E-state index >= 15 is 0 Å². The van der Waals surface area contributed by atoms with Crippen molar-refractivity contribution in [3.8, 4) is 0 Å². The van der Waals surface area contributed by atoms with Gasteiger partial charge in [0.25, 0.3) is 0 Å². The van der Waals surface area contributed by atoms with Gasteiger partial charge in [0, 0.05) is 39.3 Å². The van der Waals surface area contributed by atoms with E-state index in [0.29, 0.717) is 13.1 Å². The van der Waals surface area contributed by atoms with Crippen molar-refractivity contribution in [1.82, 2.24) is 13.5 Å². The minimum Gasteiger partial charge on any atom is -0.301 e. The molecule has 2 rings (SSSR count). The Morgan fingerprint density at radius 2 is 1.42 bits per heavy atom. The largest absolute Gasteiger partial charge is 0.301 e. The minimum absolute atomic E-state index is 0.0752. The number of likely N-dealkylation sites (N-methyl/N-ethyl adjacent to an activating group) is 1. The van der Waals surface area contributed by atoms with Gasteiger partial charge in [0.2, 0.25) is 20.0 Å². The summed E-state index contributed by atoms with van der Waals surface area (Å²) in [6.45, 7) is 4.97. The summed E-state index contributed by atoms with van der Waals surface area (Å²) in [5, 5.41) is 0. The maximum absolute atomic E-state index is 12.9. The van der Waals surface area contributed by atoms with E-state index in [1.807, 2.05) is 20.9 Å². The monoisotopic (exact) mass is 375 g/mol. The van der Waals surface area contributed by atoms with Gasteiger partial charge in [0.1, 0.15) is 0 Å². The number of sulfonamides is 2. The highest BCUT2D eigenvalue weighted by molar-refractivity contribution is 7.89. The van der Waals surface area contributed by atoms with Crippen LogP contribution in [0, 0.1) is 0 Å². The van der Waals surface area contributed by atoms with Crippen molar-refractivity contribution in [1.29, 1.82) is 0 Å². The summed E-state index contributed by atoms with van der Waals surface area (Å²) in [5.74, 6) is 0. The zero-order valence-electron chi connectivity index (χ0n) is 14.7. The maximum atomic E-state index is 12.9. The Labute approximate surface area is 145 Å². The molecular weight excluding hydrogens is 350 g/mol. The highest BCUT2D eigenvalue weighted by atomic mass is 32.2. The minimum atomic E-state index is -3.65. The van der Waals surface area contributed by atoms with Crippen LogP contribution in [0.1, 0.15) is 13.8 Å². The first-order chi connectivity index (χ1) is 11.0. The summed E-state index contributed by atoms with van der Waals surface area (Å²) in [5.41, 5.74) is 0. The van der Waals surface area contributed by atoms with Crippen LogP contribution in [0.3, 0.4) is 0 Å². The molecule has 1 aliphatic rings. The van der Waals surface area contributed by atoms with Gasteiger partial charge in [0.05, 0.1) is 9.79 Å². The van der Waals surface area contributed by atoms with Crippen LogP contribution in [0.4, 0.5) is 0 Å². The smallest absolute Gasteiger partial charge is 0.243 e. The van der Waals surface area contributed by atoms with E-state index < -0.39 is 20.0 Å². The summed E-state index contributed by atoms with van der Waals surface area (Å²) in [6, 6.07) is 5.36. The molecule has 7 nitrogen and oxygen atoms in total. The second kappa shape index (κ2) is 6.72. The molecule has 1 aliphatic heterocycles. The van der Waals surface area contributed by atoms with E-state index in [9.17, 15) is 16.8 Å². The van der Waals surface area contributed by atoms with Gasteiger partial charge in [-0.2, -0.15) is 4.31 Å². The Hall–Kier alpha value is -1.00. The predicted molar refractivity (Wildman–Crippen MR) is 92.8 cm³/mol. The molecule has 9 heteroatoms. The Kier molecular flexibility index (Phi) is 5.41. The highest BCUT2D eigenvalue weighted by Crippen LogP contribution is 2.25. The first kappa shape index (κ1) is 19.3. The Morgan fingerprint density at radius 3 is 1.92 bits per heavy atom. The zero-order chi connectivity index (χ0) is 18.3. The number of piperazine rings is 1. The van der Waals surface area contributed by atoms with Gasteiger partial charge in [-0.05, 0) is 45.2 Å². The quantitative estimate of drug-likeness (QED) is 0.772. The lowest BCUT2D eigenvalue weighted by atomic mass is 10.1. The van der Waals surface area contributed by atoms with Gasteiger partial charge in [0.15, 0.2) is 0 Å². The Morgan fingerprint density at radius 1 is 0.917 bits per heavy atom. The first-order valence-electron chi connectivity index (χ1n) is 7.74. The molecule has 136 valence electrons. The topological polar surface area (TPSA) is 78.0 Å². The standard InChI is InChI=1S/C15H25N3O4S2/c1-12-13(2)18(11-10-17(12)5)24(21,22)15-8-6-14(7-9-15)23(19,20)16(3)4/h6-9,12-13H,10-11H2,1-5H3. The van der Waals surface area contributed by atoms with E-state index in [-0.39, 0.29) is 21.9 Å². The van der Waals surface area contributed by atoms with Crippen molar-refractivity contribution in [2.45, 2.75) is 35.7 Å². The van der Waals surface area contributed by atoms with Gasteiger partial charge < -0.3 is 4.90 Å². The Balaban J connectivity index is 2.34. The van der Waals surface area contributed by atoms with Crippen LogP contribution >= 0.6 is 0 Å². The third-order valence-electron chi connectivity index (χ3n) is 4.73. The summed E-state index contributed by atoms with van der Waals surface area (Å²) >= 11 is 0. The van der Waals surface area contributed by atoms with Gasteiger partial charge in [-0.25, -0.2) is 21.1 Å². The fourth-order valence-electron chi connectivity index (χ4n) is 2.74. The van der Waals surface area contributed by atoms with Crippen LogP contribution in [-0.2, 0) is 20.0 Å². The van der Waals surface area contributed by atoms with Crippen molar-refractivity contribution in [3.05, 3.63) is 24.3 Å². The average Bonchev–Trinajstić information content (AvgIpc) is 2.52. The second-order valence-electron chi connectivity index (χ2n) is 6.34. The van der Waals surface area contributed by atoms with Gasteiger partial charge in [-0.1, -0.05) is 0 Å². The SMILES string of the molecule is CC1C(C)N(S(=O)(=O)c2ccc(S(=O)(=O)N(C)C)cc2)CCN1C. The van der Waals surface area contributed by atoms with Gasteiger partial charge in [-0.3, -0.25) is 0 Å². The molecule has 24 heavy (non-hydrogen) atoms. The van der Waals surface area contributed by atoms with E-state index in [1.54, 1.807) is 0 Å². The first-order valence-corrected chi connectivity index (χ1v) is 10.6. The molecule has 0 aliphatic carbocycles. The number of hydrogen-bond acceptors (Lipinski definition) is 5. The molecular formula is C15H25N3O4S2. The molecule has 2 unspecified atom stereocenters. The molecule has 0 aromatic heterocycles. The fraction of sp³-hybridized carbons (Fsp3) is 0.600. The Bertz CT molecular complexity index is 789. The normalized spacial score (nSPS) is 24.4. The van der Waals surface area contributed by atoms with Crippen LogP contribution < -0.4 is 0 Å². The summed E-state index contributed by atoms with van der Waals surface area (Å²) in [4.78, 5) is 2.32. The van der Waals surface area contributed by atoms with Crippen LogP contribution in [0.5, 0.6) is 0 Å². The molecule has 1 heterocycles. The summed E-state index contributed by atoms with van der Waals surface area (Å²) < 4.78 is 52.5. The lowest BCUT2D eigenvalue weighted by Gasteiger charge is -2.42. The lowest BCUT2D eigenvalue weighted by Crippen LogP contribution is -2.57. The summed E-state index contributed by atoms with van der Waals surface area (Å²) in [6.07, 6.45) is 0. The molecule has 0 amide bonds. The number of benzene rings is 1. The molecule has 2 atom stereocenters. The van der Waals surface area contributed by atoms with Crippen LogP contribution in [0.25, 0.3) is 0 Å². The summed E-state index contributed by atoms with van der Waals surface area (Å²) in [7, 11) is -2.37. The molecule has 0 bridgehead atoms. The molecule has 1 fully saturated rings. The molecule has 0 N–H and O–H groups in total. The van der Waals surface area contributed by atoms with Crippen molar-refractivity contribution < 1.29 is 16.8 Å². The van der Waals surface area contributed by atoms with Crippen LogP contribution in [0.15, 0.2) is 34.1 Å². The molecule has 1 aromatic carbocycles. The third-order valence-corrected chi connectivity index (χ3v) is 8.56. The maximum Gasteiger partial charge on any atom is 0.243 e. The van der Waals surface area contributed by atoms with E-state index in [0.717, 1.165) is 4.31 Å². The van der Waals surface area contributed by atoms with Crippen molar-refractivity contribution >= 4 is 20.0 Å². The molecule has 0 radical (unpaired) electrons. The van der Waals surface area contributed by atoms with Gasteiger partial charge >= 0.3 is 0 Å². The van der Waals surface area contributed by atoms with E-state index in [2.05, 4.69) is 4.90 Å². The zero-order valence-corrected chi connectivity index (χ0v) is 16.3. The number of hydrogen-bond donors (Lipinski definition) is 0. The van der Waals surface area contributed by atoms with Gasteiger partial charge in [-0.15, -0.1) is 0 Å².